The Morgan fingerprint density at radius 2 is 1.62 bits per heavy atom. The Hall–Kier alpha value is 0.350. The van der Waals surface area contributed by atoms with Crippen LogP contribution in [-0.2, 0) is 0 Å². The van der Waals surface area contributed by atoms with Crippen LogP contribution in [0.15, 0.2) is 0 Å². The summed E-state index contributed by atoms with van der Waals surface area (Å²) in [5.41, 5.74) is 0. The van der Waals surface area contributed by atoms with Gasteiger partial charge in [-0.2, -0.15) is 12.6 Å². The van der Waals surface area contributed by atoms with E-state index in [0.29, 0.717) is 0 Å². The second-order valence-electron chi connectivity index (χ2n) is 4.45. The molecule has 80 valence electrons. The molecule has 2 atom stereocenters. The summed E-state index contributed by atoms with van der Waals surface area (Å²) in [5, 5.41) is 0. The Labute approximate surface area is 89.9 Å². The summed E-state index contributed by atoms with van der Waals surface area (Å²) in [4.78, 5) is 0. The van der Waals surface area contributed by atoms with Crippen molar-refractivity contribution in [3.05, 3.63) is 0 Å². The van der Waals surface area contributed by atoms with Crippen molar-refractivity contribution in [1.82, 2.24) is 0 Å². The summed E-state index contributed by atoms with van der Waals surface area (Å²) in [6.45, 7) is 7.02. The molecule has 1 heteroatoms. The zero-order chi connectivity index (χ0) is 10.1. The molecule has 2 unspecified atom stereocenters. The van der Waals surface area contributed by atoms with Gasteiger partial charge in [-0.05, 0) is 30.4 Å². The SMILES string of the molecule is CCCCCC(C)CC(C)CCS. The van der Waals surface area contributed by atoms with Gasteiger partial charge in [-0.1, -0.05) is 46.5 Å². The zero-order valence-electron chi connectivity index (χ0n) is 9.55. The summed E-state index contributed by atoms with van der Waals surface area (Å²) in [6, 6.07) is 0. The van der Waals surface area contributed by atoms with E-state index in [9.17, 15) is 0 Å². The maximum absolute atomic E-state index is 4.27. The summed E-state index contributed by atoms with van der Waals surface area (Å²) in [5.74, 6) is 2.83. The molecule has 13 heavy (non-hydrogen) atoms. The van der Waals surface area contributed by atoms with E-state index in [1.807, 2.05) is 0 Å². The lowest BCUT2D eigenvalue weighted by Gasteiger charge is -2.16. The number of thiol groups is 1. The molecule has 0 aliphatic heterocycles. The smallest absolute Gasteiger partial charge is 0.00954 e. The minimum Gasteiger partial charge on any atom is -0.179 e. The Bertz CT molecular complexity index is 101. The first kappa shape index (κ1) is 13.4. The highest BCUT2D eigenvalue weighted by molar-refractivity contribution is 7.80. The van der Waals surface area contributed by atoms with Crippen molar-refractivity contribution < 1.29 is 0 Å². The van der Waals surface area contributed by atoms with Crippen LogP contribution in [-0.4, -0.2) is 5.75 Å². The Morgan fingerprint density at radius 3 is 2.15 bits per heavy atom. The molecule has 0 nitrogen and oxygen atoms in total. The number of rotatable bonds is 8. The first-order valence-corrected chi connectivity index (χ1v) is 6.44. The first-order chi connectivity index (χ1) is 6.20. The van der Waals surface area contributed by atoms with Crippen LogP contribution in [0.2, 0.25) is 0 Å². The largest absolute Gasteiger partial charge is 0.179 e. The van der Waals surface area contributed by atoms with E-state index < -0.39 is 0 Å². The van der Waals surface area contributed by atoms with E-state index in [4.69, 9.17) is 0 Å². The Balaban J connectivity index is 3.32. The van der Waals surface area contributed by atoms with Crippen LogP contribution in [0.3, 0.4) is 0 Å². The summed E-state index contributed by atoms with van der Waals surface area (Å²) in [6.07, 6.45) is 8.27. The van der Waals surface area contributed by atoms with E-state index in [1.165, 1.54) is 38.5 Å². The van der Waals surface area contributed by atoms with Crippen molar-refractivity contribution in [2.24, 2.45) is 11.8 Å². The molecule has 0 fully saturated rings. The average molecular weight is 202 g/mol. The van der Waals surface area contributed by atoms with Gasteiger partial charge in [0.05, 0.1) is 0 Å². The van der Waals surface area contributed by atoms with E-state index in [-0.39, 0.29) is 0 Å². The molecule has 0 aromatic rings. The van der Waals surface area contributed by atoms with Gasteiger partial charge in [0.15, 0.2) is 0 Å². The maximum Gasteiger partial charge on any atom is -0.00954 e. The lowest BCUT2D eigenvalue weighted by Crippen LogP contribution is -2.03. The first-order valence-electron chi connectivity index (χ1n) is 5.81. The van der Waals surface area contributed by atoms with Crippen LogP contribution < -0.4 is 0 Å². The van der Waals surface area contributed by atoms with E-state index in [0.717, 1.165) is 17.6 Å². The number of hydrogen-bond donors (Lipinski definition) is 1. The van der Waals surface area contributed by atoms with Crippen molar-refractivity contribution >= 4 is 12.6 Å². The molecule has 0 saturated heterocycles. The fraction of sp³-hybridized carbons (Fsp3) is 1.00. The lowest BCUT2D eigenvalue weighted by molar-refractivity contribution is 0.378. The average Bonchev–Trinajstić information content (AvgIpc) is 2.05. The summed E-state index contributed by atoms with van der Waals surface area (Å²) in [7, 11) is 0. The standard InChI is InChI=1S/C12H26S/c1-4-5-6-7-11(2)10-12(3)8-9-13/h11-13H,4-10H2,1-3H3. The molecular weight excluding hydrogens is 176 g/mol. The van der Waals surface area contributed by atoms with Crippen LogP contribution in [0.25, 0.3) is 0 Å². The van der Waals surface area contributed by atoms with Gasteiger partial charge in [0.1, 0.15) is 0 Å². The van der Waals surface area contributed by atoms with Gasteiger partial charge in [-0.3, -0.25) is 0 Å². The van der Waals surface area contributed by atoms with Crippen molar-refractivity contribution in [2.75, 3.05) is 5.75 Å². The minimum absolute atomic E-state index is 0.870. The van der Waals surface area contributed by atoms with Crippen LogP contribution in [0.4, 0.5) is 0 Å². The molecule has 0 aromatic heterocycles. The van der Waals surface area contributed by atoms with Crippen LogP contribution in [0.5, 0.6) is 0 Å². The molecule has 0 amide bonds. The van der Waals surface area contributed by atoms with Gasteiger partial charge in [-0.15, -0.1) is 0 Å². The Kier molecular flexibility index (Phi) is 9.17. The molecule has 0 rings (SSSR count). The van der Waals surface area contributed by atoms with Crippen molar-refractivity contribution in [3.8, 4) is 0 Å². The molecule has 0 spiro atoms. The van der Waals surface area contributed by atoms with Crippen LogP contribution in [0, 0.1) is 11.8 Å². The molecule has 0 aliphatic carbocycles. The molecule has 0 radical (unpaired) electrons. The van der Waals surface area contributed by atoms with Gasteiger partial charge in [0, 0.05) is 0 Å². The van der Waals surface area contributed by atoms with Gasteiger partial charge in [0.2, 0.25) is 0 Å². The number of unbranched alkanes of at least 4 members (excludes halogenated alkanes) is 2. The quantitative estimate of drug-likeness (QED) is 0.433. The third-order valence-electron chi connectivity index (χ3n) is 2.73. The molecular formula is C12H26S. The zero-order valence-corrected chi connectivity index (χ0v) is 10.4. The molecule has 0 bridgehead atoms. The predicted molar refractivity (Wildman–Crippen MR) is 65.6 cm³/mol. The van der Waals surface area contributed by atoms with Crippen molar-refractivity contribution in [1.29, 1.82) is 0 Å². The third kappa shape index (κ3) is 8.67. The van der Waals surface area contributed by atoms with Gasteiger partial charge < -0.3 is 0 Å². The highest BCUT2D eigenvalue weighted by Gasteiger charge is 2.07. The van der Waals surface area contributed by atoms with Crippen LogP contribution in [0.1, 0.15) is 59.3 Å². The van der Waals surface area contributed by atoms with Gasteiger partial charge in [-0.25, -0.2) is 0 Å². The predicted octanol–water partition coefficient (Wildman–Crippen LogP) is 4.55. The maximum atomic E-state index is 4.27. The lowest BCUT2D eigenvalue weighted by atomic mass is 9.91. The minimum atomic E-state index is 0.870. The fourth-order valence-electron chi connectivity index (χ4n) is 1.89. The van der Waals surface area contributed by atoms with E-state index in [1.54, 1.807) is 0 Å². The van der Waals surface area contributed by atoms with E-state index in [2.05, 4.69) is 33.4 Å². The summed E-state index contributed by atoms with van der Waals surface area (Å²) < 4.78 is 0. The second kappa shape index (κ2) is 8.93. The molecule has 0 heterocycles. The van der Waals surface area contributed by atoms with E-state index >= 15 is 0 Å². The summed E-state index contributed by atoms with van der Waals surface area (Å²) >= 11 is 4.27. The monoisotopic (exact) mass is 202 g/mol. The molecule has 0 aromatic carbocycles. The molecule has 0 N–H and O–H groups in total. The number of hydrogen-bond acceptors (Lipinski definition) is 1. The normalized spacial score (nSPS) is 15.7. The Morgan fingerprint density at radius 1 is 1.00 bits per heavy atom. The van der Waals surface area contributed by atoms with Gasteiger partial charge >= 0.3 is 0 Å². The van der Waals surface area contributed by atoms with Crippen molar-refractivity contribution in [3.63, 3.8) is 0 Å². The topological polar surface area (TPSA) is 0 Å². The fourth-order valence-corrected chi connectivity index (χ4v) is 2.33. The third-order valence-corrected chi connectivity index (χ3v) is 2.99. The van der Waals surface area contributed by atoms with Crippen molar-refractivity contribution in [2.45, 2.75) is 59.3 Å². The van der Waals surface area contributed by atoms with Gasteiger partial charge in [0.25, 0.3) is 0 Å². The molecule has 0 saturated carbocycles. The highest BCUT2D eigenvalue weighted by atomic mass is 32.1. The molecule has 0 aliphatic rings. The second-order valence-corrected chi connectivity index (χ2v) is 4.90. The van der Waals surface area contributed by atoms with Crippen LogP contribution >= 0.6 is 12.6 Å². The highest BCUT2D eigenvalue weighted by Crippen LogP contribution is 2.20.